The fraction of sp³-hybridized carbons (Fsp3) is 0.414. The van der Waals surface area contributed by atoms with E-state index in [1.54, 1.807) is 12.3 Å². The van der Waals surface area contributed by atoms with Gasteiger partial charge in [-0.25, -0.2) is 4.98 Å². The number of amides is 1. The molecule has 2 N–H and O–H groups in total. The van der Waals surface area contributed by atoms with Gasteiger partial charge >= 0.3 is 6.18 Å². The number of rotatable bonds is 6. The molecule has 11 heteroatoms. The number of pyridine rings is 2. The fourth-order valence-electron chi connectivity index (χ4n) is 4.96. The molecule has 3 heterocycles. The number of hydrogen-bond donors (Lipinski definition) is 2. The number of aryl methyl sites for hydroxylation is 1. The highest BCUT2D eigenvalue weighted by Gasteiger charge is 2.31. The number of anilines is 2. The summed E-state index contributed by atoms with van der Waals surface area (Å²) in [6.45, 7) is 4.35. The van der Waals surface area contributed by atoms with Crippen LogP contribution in [-0.4, -0.2) is 59.5 Å². The monoisotopic (exact) mass is 556 g/mol. The van der Waals surface area contributed by atoms with E-state index < -0.39 is 17.6 Å². The van der Waals surface area contributed by atoms with Crippen LogP contribution in [0.2, 0.25) is 0 Å². The van der Waals surface area contributed by atoms with E-state index in [0.717, 1.165) is 41.8 Å². The van der Waals surface area contributed by atoms with Crippen LogP contribution in [0.3, 0.4) is 0 Å². The smallest absolute Gasteiger partial charge is 0.416 e. The number of ether oxygens (including phenoxy) is 2. The molecule has 1 aliphatic carbocycles. The second-order valence-electron chi connectivity index (χ2n) is 10.1. The normalized spacial score (nSPS) is 19.8. The lowest BCUT2D eigenvalue weighted by atomic mass is 9.95. The van der Waals surface area contributed by atoms with Gasteiger partial charge in [0, 0.05) is 41.7 Å². The number of hydrogen-bond acceptors (Lipinski definition) is 7. The van der Waals surface area contributed by atoms with Crippen molar-refractivity contribution in [2.75, 3.05) is 36.5 Å². The molecule has 1 aliphatic heterocycles. The molecule has 1 saturated carbocycles. The van der Waals surface area contributed by atoms with E-state index in [9.17, 15) is 23.1 Å². The highest BCUT2D eigenvalue weighted by atomic mass is 19.4. The van der Waals surface area contributed by atoms with Gasteiger partial charge < -0.3 is 24.8 Å². The van der Waals surface area contributed by atoms with Gasteiger partial charge in [-0.2, -0.15) is 13.2 Å². The lowest BCUT2D eigenvalue weighted by molar-refractivity contribution is -0.137. The predicted molar refractivity (Wildman–Crippen MR) is 144 cm³/mol. The van der Waals surface area contributed by atoms with Crippen LogP contribution < -0.4 is 15.0 Å². The lowest BCUT2D eigenvalue weighted by Crippen LogP contribution is -2.37. The number of nitrogens with one attached hydrogen (secondary N) is 1. The Kier molecular flexibility index (Phi) is 8.22. The molecule has 2 aliphatic rings. The van der Waals surface area contributed by atoms with Crippen LogP contribution in [0.4, 0.5) is 24.5 Å². The number of carbonyl (C=O) groups is 1. The van der Waals surface area contributed by atoms with Crippen molar-refractivity contribution in [3.8, 4) is 17.0 Å². The zero-order valence-electron chi connectivity index (χ0n) is 22.1. The zero-order valence-corrected chi connectivity index (χ0v) is 22.1. The predicted octanol–water partition coefficient (Wildman–Crippen LogP) is 5.24. The number of morpholine rings is 1. The third-order valence-electron chi connectivity index (χ3n) is 7.21. The maximum atomic E-state index is 13.1. The first-order chi connectivity index (χ1) is 19.2. The Morgan fingerprint density at radius 3 is 2.55 bits per heavy atom. The summed E-state index contributed by atoms with van der Waals surface area (Å²) in [7, 11) is 0. The van der Waals surface area contributed by atoms with Crippen LogP contribution in [0.25, 0.3) is 11.1 Å². The summed E-state index contributed by atoms with van der Waals surface area (Å²) in [6, 6.07) is 7.99. The first-order valence-electron chi connectivity index (χ1n) is 13.3. The highest BCUT2D eigenvalue weighted by molar-refractivity contribution is 6.04. The highest BCUT2D eigenvalue weighted by Crippen LogP contribution is 2.36. The Bertz CT molecular complexity index is 1350. The molecule has 212 valence electrons. The molecule has 2 aromatic heterocycles. The number of carbonyl (C=O) groups excluding carboxylic acids is 1. The molecule has 0 atom stereocenters. The number of nitrogens with zero attached hydrogens (tertiary/aromatic N) is 3. The van der Waals surface area contributed by atoms with Crippen molar-refractivity contribution in [1.82, 2.24) is 9.97 Å². The molecule has 5 rings (SSSR count). The molecular weight excluding hydrogens is 525 g/mol. The zero-order chi connectivity index (χ0) is 28.3. The van der Waals surface area contributed by atoms with E-state index in [4.69, 9.17) is 9.47 Å². The Morgan fingerprint density at radius 1 is 1.07 bits per heavy atom. The van der Waals surface area contributed by atoms with E-state index in [1.807, 2.05) is 13.0 Å². The average molecular weight is 557 g/mol. The fourth-order valence-corrected chi connectivity index (χ4v) is 4.96. The molecule has 0 bridgehead atoms. The maximum Gasteiger partial charge on any atom is 0.416 e. The van der Waals surface area contributed by atoms with E-state index in [0.29, 0.717) is 56.4 Å². The number of aliphatic hydroxyl groups excluding tert-OH is 1. The summed E-state index contributed by atoms with van der Waals surface area (Å²) in [4.78, 5) is 24.0. The Labute approximate surface area is 230 Å². The largest absolute Gasteiger partial charge is 0.473 e. The quantitative estimate of drug-likeness (QED) is 0.429. The molecule has 1 saturated heterocycles. The lowest BCUT2D eigenvalue weighted by Gasteiger charge is -2.32. The summed E-state index contributed by atoms with van der Waals surface area (Å²) in [5.41, 5.74) is 2.34. The van der Waals surface area contributed by atoms with Gasteiger partial charge in [-0.1, -0.05) is 6.07 Å². The minimum absolute atomic E-state index is 0.0284. The number of benzene rings is 1. The standard InChI is InChI=1S/C29H31F3N4O4/c1-18-25(15-22(17-33-18)35-27(38)19-3-2-4-21(13-19)29(30,31)32)20-14-26(36-9-11-39-12-10-36)28(34-16-20)40-24-7-5-23(37)6-8-24/h2-4,13-17,23-24,37H,5-12H2,1H3,(H,35,38). The van der Waals surface area contributed by atoms with Gasteiger partial charge in [-0.05, 0) is 62.9 Å². The number of aliphatic hydroxyl groups is 1. The molecule has 0 spiro atoms. The van der Waals surface area contributed by atoms with Crippen LogP contribution >= 0.6 is 0 Å². The van der Waals surface area contributed by atoms with Gasteiger partial charge in [0.1, 0.15) is 11.8 Å². The first-order valence-corrected chi connectivity index (χ1v) is 13.3. The number of alkyl halides is 3. The summed E-state index contributed by atoms with van der Waals surface area (Å²) >= 11 is 0. The number of aromatic nitrogens is 2. The minimum Gasteiger partial charge on any atom is -0.473 e. The first kappa shape index (κ1) is 27.9. The van der Waals surface area contributed by atoms with E-state index >= 15 is 0 Å². The van der Waals surface area contributed by atoms with Crippen LogP contribution in [0.15, 0.2) is 48.8 Å². The van der Waals surface area contributed by atoms with Crippen LogP contribution in [0, 0.1) is 6.92 Å². The van der Waals surface area contributed by atoms with Gasteiger partial charge in [0.15, 0.2) is 0 Å². The van der Waals surface area contributed by atoms with Crippen LogP contribution in [-0.2, 0) is 10.9 Å². The second kappa shape index (κ2) is 11.8. The van der Waals surface area contributed by atoms with E-state index in [-0.39, 0.29) is 17.8 Å². The van der Waals surface area contributed by atoms with Gasteiger partial charge in [0.2, 0.25) is 5.88 Å². The molecule has 8 nitrogen and oxygen atoms in total. The van der Waals surface area contributed by atoms with Crippen molar-refractivity contribution < 1.29 is 32.5 Å². The van der Waals surface area contributed by atoms with Crippen LogP contribution in [0.1, 0.15) is 47.3 Å². The van der Waals surface area contributed by atoms with Crippen molar-refractivity contribution in [2.45, 2.75) is 51.0 Å². The molecule has 2 fully saturated rings. The van der Waals surface area contributed by atoms with Gasteiger partial charge in [0.05, 0.1) is 36.8 Å². The third kappa shape index (κ3) is 6.53. The topological polar surface area (TPSA) is 96.8 Å². The van der Waals surface area contributed by atoms with Crippen molar-refractivity contribution in [2.24, 2.45) is 0 Å². The van der Waals surface area contributed by atoms with Gasteiger partial charge in [-0.15, -0.1) is 0 Å². The van der Waals surface area contributed by atoms with Gasteiger partial charge in [-0.3, -0.25) is 9.78 Å². The molecule has 1 amide bonds. The van der Waals surface area contributed by atoms with Crippen molar-refractivity contribution >= 4 is 17.3 Å². The van der Waals surface area contributed by atoms with Crippen LogP contribution in [0.5, 0.6) is 5.88 Å². The second-order valence-corrected chi connectivity index (χ2v) is 10.1. The Balaban J connectivity index is 1.41. The van der Waals surface area contributed by atoms with Crippen molar-refractivity contribution in [3.05, 3.63) is 65.6 Å². The molecular formula is C29H31F3N4O4. The Morgan fingerprint density at radius 2 is 1.82 bits per heavy atom. The molecule has 1 aromatic carbocycles. The Hall–Kier alpha value is -3.70. The molecule has 40 heavy (non-hydrogen) atoms. The summed E-state index contributed by atoms with van der Waals surface area (Å²) < 4.78 is 51.2. The van der Waals surface area contributed by atoms with Crippen molar-refractivity contribution in [3.63, 3.8) is 0 Å². The summed E-state index contributed by atoms with van der Waals surface area (Å²) in [5, 5.41) is 12.5. The average Bonchev–Trinajstić information content (AvgIpc) is 2.95. The maximum absolute atomic E-state index is 13.1. The van der Waals surface area contributed by atoms with Gasteiger partial charge in [0.25, 0.3) is 5.91 Å². The van der Waals surface area contributed by atoms with E-state index in [2.05, 4.69) is 20.2 Å². The van der Waals surface area contributed by atoms with E-state index in [1.165, 1.54) is 18.3 Å². The molecule has 0 unspecified atom stereocenters. The van der Waals surface area contributed by atoms with Crippen molar-refractivity contribution in [1.29, 1.82) is 0 Å². The minimum atomic E-state index is -4.55. The third-order valence-corrected chi connectivity index (χ3v) is 7.21. The summed E-state index contributed by atoms with van der Waals surface area (Å²) in [5.74, 6) is -0.150. The number of halogens is 3. The molecule has 0 radical (unpaired) electrons. The molecule has 3 aromatic rings. The summed E-state index contributed by atoms with van der Waals surface area (Å²) in [6.07, 6.45) is 1.19. The SMILES string of the molecule is Cc1ncc(NC(=O)c2cccc(C(F)(F)F)c2)cc1-c1cnc(OC2CCC(O)CC2)c(N2CCOCC2)c1.